The molecule has 0 heterocycles. The molecule has 0 aromatic rings. The summed E-state index contributed by atoms with van der Waals surface area (Å²) in [6.07, 6.45) is 16.2. The molecule has 0 saturated heterocycles. The van der Waals surface area contributed by atoms with E-state index in [0.29, 0.717) is 5.16 Å². The van der Waals surface area contributed by atoms with Gasteiger partial charge in [0.2, 0.25) is 0 Å². The van der Waals surface area contributed by atoms with Gasteiger partial charge in [-0.3, -0.25) is 4.79 Å². The van der Waals surface area contributed by atoms with Crippen molar-refractivity contribution in [3.63, 3.8) is 0 Å². The van der Waals surface area contributed by atoms with E-state index in [-0.39, 0.29) is 5.92 Å². The summed E-state index contributed by atoms with van der Waals surface area (Å²) in [7, 11) is 3.17. The Morgan fingerprint density at radius 2 is 1.21 bits per heavy atom. The monoisotopic (exact) mass is 360 g/mol. The molecular weight excluding hydrogens is 315 g/mol. The molecule has 2 nitrogen and oxygen atoms in total. The van der Waals surface area contributed by atoms with Crippen molar-refractivity contribution in [2.24, 2.45) is 5.92 Å². The molecule has 1 N–H and O–H groups in total. The van der Waals surface area contributed by atoms with Gasteiger partial charge in [0.15, 0.2) is 0 Å². The Morgan fingerprint density at radius 3 is 1.46 bits per heavy atom. The number of aliphatic carboxylic acids is 1. The lowest BCUT2D eigenvalue weighted by atomic mass is 9.90. The van der Waals surface area contributed by atoms with Crippen LogP contribution in [0.2, 0.25) is 0 Å². The first kappa shape index (κ1) is 26.1. The number of carboxylic acid groups (broad SMARTS) is 1. The van der Waals surface area contributed by atoms with Crippen LogP contribution in [0.25, 0.3) is 0 Å². The molecule has 0 aliphatic heterocycles. The minimum atomic E-state index is -0.643. The molecule has 2 atom stereocenters. The Morgan fingerprint density at radius 1 is 0.833 bits per heavy atom. The number of carboxylic acids is 1. The van der Waals surface area contributed by atoms with Gasteiger partial charge in [-0.25, -0.2) is 0 Å². The van der Waals surface area contributed by atoms with E-state index in [1.807, 2.05) is 6.92 Å². The van der Waals surface area contributed by atoms with Crippen molar-refractivity contribution in [3.8, 4) is 0 Å². The van der Waals surface area contributed by atoms with Gasteiger partial charge in [-0.05, 0) is 37.3 Å². The van der Waals surface area contributed by atoms with Crippen LogP contribution in [0.1, 0.15) is 118 Å². The first-order chi connectivity index (χ1) is 11.4. The van der Waals surface area contributed by atoms with Crippen LogP contribution in [0.15, 0.2) is 0 Å². The van der Waals surface area contributed by atoms with Crippen LogP contribution in [0.4, 0.5) is 0 Å². The third-order valence-electron chi connectivity index (χ3n) is 4.83. The molecule has 0 aliphatic carbocycles. The Hall–Kier alpha value is -0.100. The third-order valence-corrected chi connectivity index (χ3v) is 5.70. The van der Waals surface area contributed by atoms with E-state index >= 15 is 0 Å². The normalized spacial score (nSPS) is 12.4. The van der Waals surface area contributed by atoms with Crippen molar-refractivity contribution in [2.75, 3.05) is 0 Å². The zero-order valence-corrected chi connectivity index (χ0v) is 18.4. The van der Waals surface area contributed by atoms with Gasteiger partial charge in [0.05, 0.1) is 5.92 Å². The molecule has 2 unspecified atom stereocenters. The molecule has 0 amide bonds. The van der Waals surface area contributed by atoms with Crippen molar-refractivity contribution in [3.05, 3.63) is 0 Å². The van der Waals surface area contributed by atoms with Gasteiger partial charge in [0.1, 0.15) is 0 Å². The van der Waals surface area contributed by atoms with Crippen LogP contribution in [-0.2, 0) is 4.79 Å². The summed E-state index contributed by atoms with van der Waals surface area (Å²) in [5.74, 6) is -0.754. The Labute approximate surface area is 154 Å². The Bertz CT molecular complexity index is 257. The molecule has 3 heteroatoms. The van der Waals surface area contributed by atoms with Crippen molar-refractivity contribution in [2.45, 2.75) is 123 Å². The quantitative estimate of drug-likeness (QED) is 0.326. The molecule has 0 spiro atoms. The summed E-state index contributed by atoms with van der Waals surface area (Å²) in [5, 5.41) is 9.17. The van der Waals surface area contributed by atoms with Gasteiger partial charge in [0.25, 0.3) is 0 Å². The second kappa shape index (κ2) is 17.7. The standard InChI is InChI=1S/C13H29P.C8H16O2/c1-4-7-10-13(14,11-8-5-2)12-9-6-3;1-3-5-6-7(4-2)8(9)10/h4-12,14H2,1-3H3;7H,3-6H2,1-2H3,(H,9,10). The first-order valence-corrected chi connectivity index (χ1v) is 11.0. The Kier molecular flexibility index (Phi) is 19.3. The summed E-state index contributed by atoms with van der Waals surface area (Å²) < 4.78 is 0. The van der Waals surface area contributed by atoms with E-state index in [1.54, 1.807) is 0 Å². The molecule has 146 valence electrons. The van der Waals surface area contributed by atoms with Crippen molar-refractivity contribution >= 4 is 15.2 Å². The smallest absolute Gasteiger partial charge is 0.306 e. The average molecular weight is 361 g/mol. The lowest BCUT2D eigenvalue weighted by Gasteiger charge is -2.29. The maximum Gasteiger partial charge on any atom is 0.306 e. The van der Waals surface area contributed by atoms with Crippen molar-refractivity contribution in [1.29, 1.82) is 0 Å². The van der Waals surface area contributed by atoms with Crippen LogP contribution in [0.5, 0.6) is 0 Å². The molecule has 0 bridgehead atoms. The predicted molar refractivity (Wildman–Crippen MR) is 112 cm³/mol. The topological polar surface area (TPSA) is 37.3 Å². The highest BCUT2D eigenvalue weighted by Crippen LogP contribution is 2.36. The van der Waals surface area contributed by atoms with Gasteiger partial charge in [-0.15, -0.1) is 9.24 Å². The second-order valence-corrected chi connectivity index (χ2v) is 8.48. The summed E-state index contributed by atoms with van der Waals surface area (Å²) in [6, 6.07) is 0. The van der Waals surface area contributed by atoms with Gasteiger partial charge < -0.3 is 5.11 Å². The van der Waals surface area contributed by atoms with Crippen LogP contribution in [-0.4, -0.2) is 16.2 Å². The van der Waals surface area contributed by atoms with E-state index in [4.69, 9.17) is 5.11 Å². The first-order valence-electron chi connectivity index (χ1n) is 10.4. The lowest BCUT2D eigenvalue weighted by Crippen LogP contribution is -2.20. The highest BCUT2D eigenvalue weighted by atomic mass is 31.0. The van der Waals surface area contributed by atoms with Crippen LogP contribution < -0.4 is 0 Å². The fourth-order valence-electron chi connectivity index (χ4n) is 2.91. The number of hydrogen-bond acceptors (Lipinski definition) is 1. The van der Waals surface area contributed by atoms with Crippen LogP contribution >= 0.6 is 9.24 Å². The highest BCUT2D eigenvalue weighted by Gasteiger charge is 2.22. The van der Waals surface area contributed by atoms with Gasteiger partial charge in [-0.2, -0.15) is 0 Å². The van der Waals surface area contributed by atoms with Crippen molar-refractivity contribution < 1.29 is 9.90 Å². The maximum absolute atomic E-state index is 10.4. The molecule has 0 aliphatic rings. The van der Waals surface area contributed by atoms with Crippen molar-refractivity contribution in [1.82, 2.24) is 0 Å². The lowest BCUT2D eigenvalue weighted by molar-refractivity contribution is -0.142. The number of rotatable bonds is 14. The summed E-state index contributed by atoms with van der Waals surface area (Å²) in [6.45, 7) is 10.9. The minimum absolute atomic E-state index is 0.111. The summed E-state index contributed by atoms with van der Waals surface area (Å²) >= 11 is 0. The SMILES string of the molecule is CCCCC(CC)C(=O)O.CCCCC(P)(CCCC)CCCC. The zero-order valence-electron chi connectivity index (χ0n) is 17.2. The highest BCUT2D eigenvalue weighted by molar-refractivity contribution is 7.19. The van der Waals surface area contributed by atoms with Crippen LogP contribution in [0.3, 0.4) is 0 Å². The van der Waals surface area contributed by atoms with E-state index in [0.717, 1.165) is 25.7 Å². The molecule has 0 saturated carbocycles. The largest absolute Gasteiger partial charge is 0.481 e. The second-order valence-electron chi connectivity index (χ2n) is 7.26. The molecule has 0 rings (SSSR count). The predicted octanol–water partition coefficient (Wildman–Crippen LogP) is 7.46. The molecule has 0 aromatic heterocycles. The van der Waals surface area contributed by atoms with Gasteiger partial charge in [-0.1, -0.05) is 86.0 Å². The van der Waals surface area contributed by atoms with E-state index in [9.17, 15) is 4.79 Å². The number of unbranched alkanes of at least 4 members (excludes halogenated alkanes) is 4. The zero-order chi connectivity index (χ0) is 18.8. The molecule has 24 heavy (non-hydrogen) atoms. The van der Waals surface area contributed by atoms with E-state index in [1.165, 1.54) is 57.8 Å². The van der Waals surface area contributed by atoms with E-state index in [2.05, 4.69) is 36.9 Å². The summed E-state index contributed by atoms with van der Waals surface area (Å²) in [4.78, 5) is 10.4. The van der Waals surface area contributed by atoms with Gasteiger partial charge in [0, 0.05) is 0 Å². The molecule has 0 fully saturated rings. The fraction of sp³-hybridized carbons (Fsp3) is 0.952. The maximum atomic E-state index is 10.4. The number of hydrogen-bond donors (Lipinski definition) is 1. The molecular formula is C21H45O2P. The van der Waals surface area contributed by atoms with Crippen LogP contribution in [0, 0.1) is 5.92 Å². The minimum Gasteiger partial charge on any atom is -0.481 e. The van der Waals surface area contributed by atoms with E-state index < -0.39 is 5.97 Å². The average Bonchev–Trinajstić information content (AvgIpc) is 2.57. The summed E-state index contributed by atoms with van der Waals surface area (Å²) in [5.41, 5.74) is 0. The number of carbonyl (C=O) groups is 1. The molecule has 0 aromatic carbocycles. The van der Waals surface area contributed by atoms with Gasteiger partial charge >= 0.3 is 5.97 Å². The Balaban J connectivity index is 0. The fourth-order valence-corrected chi connectivity index (χ4v) is 3.53. The molecule has 0 radical (unpaired) electrons. The third kappa shape index (κ3) is 15.4.